The topological polar surface area (TPSA) is 45.0 Å². The van der Waals surface area contributed by atoms with Gasteiger partial charge >= 0.3 is 0 Å². The predicted molar refractivity (Wildman–Crippen MR) is 80.6 cm³/mol. The molecule has 3 aliphatic rings. The molecule has 0 saturated heterocycles. The quantitative estimate of drug-likeness (QED) is 0.796. The van der Waals surface area contributed by atoms with Gasteiger partial charge in [0.15, 0.2) is 5.17 Å². The molecule has 0 N–H and O–H groups in total. The molecule has 102 valence electrons. The molecule has 1 aromatic carbocycles. The van der Waals surface area contributed by atoms with Crippen molar-refractivity contribution in [3.05, 3.63) is 35.9 Å². The fourth-order valence-corrected chi connectivity index (χ4v) is 4.01. The van der Waals surface area contributed by atoms with Crippen LogP contribution in [0.25, 0.3) is 0 Å². The number of carbonyl (C=O) groups excluding carboxylic acids is 1. The van der Waals surface area contributed by atoms with Crippen molar-refractivity contribution in [3.8, 4) is 0 Å². The van der Waals surface area contributed by atoms with Gasteiger partial charge in [0.25, 0.3) is 5.91 Å². The van der Waals surface area contributed by atoms with Crippen molar-refractivity contribution in [1.29, 1.82) is 0 Å². The minimum absolute atomic E-state index is 0.0481. The van der Waals surface area contributed by atoms with Gasteiger partial charge in [-0.3, -0.25) is 9.79 Å². The summed E-state index contributed by atoms with van der Waals surface area (Å²) >= 11 is 1.51. The zero-order valence-electron chi connectivity index (χ0n) is 11.0. The summed E-state index contributed by atoms with van der Waals surface area (Å²) in [4.78, 5) is 17.3. The van der Waals surface area contributed by atoms with Crippen LogP contribution in [0, 0.1) is 5.92 Å². The number of hydrogen-bond donors (Lipinski definition) is 0. The Morgan fingerprint density at radius 2 is 1.95 bits per heavy atom. The molecule has 0 radical (unpaired) electrons. The SMILES string of the molecule is O=C1C2CCCCC2N=C2SC(c3ccccc3)=NN12. The van der Waals surface area contributed by atoms with Gasteiger partial charge in [0.2, 0.25) is 0 Å². The number of rotatable bonds is 1. The van der Waals surface area contributed by atoms with Crippen LogP contribution in [0.1, 0.15) is 31.2 Å². The van der Waals surface area contributed by atoms with Crippen LogP contribution in [-0.2, 0) is 4.79 Å². The van der Waals surface area contributed by atoms with Gasteiger partial charge in [0, 0.05) is 5.56 Å². The summed E-state index contributed by atoms with van der Waals surface area (Å²) in [6.45, 7) is 0. The summed E-state index contributed by atoms with van der Waals surface area (Å²) in [6.07, 6.45) is 4.31. The lowest BCUT2D eigenvalue weighted by molar-refractivity contribution is -0.133. The zero-order valence-corrected chi connectivity index (χ0v) is 11.8. The lowest BCUT2D eigenvalue weighted by Gasteiger charge is -2.33. The summed E-state index contributed by atoms with van der Waals surface area (Å²) in [7, 11) is 0. The fourth-order valence-electron chi connectivity index (χ4n) is 3.06. The van der Waals surface area contributed by atoms with E-state index >= 15 is 0 Å². The van der Waals surface area contributed by atoms with Gasteiger partial charge in [-0.2, -0.15) is 10.1 Å². The first kappa shape index (κ1) is 12.1. The lowest BCUT2D eigenvalue weighted by atomic mass is 9.83. The van der Waals surface area contributed by atoms with Crippen LogP contribution >= 0.6 is 11.8 Å². The van der Waals surface area contributed by atoms with Crippen molar-refractivity contribution in [1.82, 2.24) is 5.01 Å². The number of carbonyl (C=O) groups is 1. The van der Waals surface area contributed by atoms with E-state index in [0.717, 1.165) is 35.0 Å². The van der Waals surface area contributed by atoms with Gasteiger partial charge in [-0.1, -0.05) is 43.2 Å². The molecule has 4 nitrogen and oxygen atoms in total. The van der Waals surface area contributed by atoms with Crippen molar-refractivity contribution in [2.75, 3.05) is 0 Å². The summed E-state index contributed by atoms with van der Waals surface area (Å²) < 4.78 is 0. The highest BCUT2D eigenvalue weighted by Gasteiger charge is 2.43. The van der Waals surface area contributed by atoms with Crippen LogP contribution in [0.5, 0.6) is 0 Å². The van der Waals surface area contributed by atoms with E-state index in [9.17, 15) is 4.79 Å². The molecule has 1 amide bonds. The van der Waals surface area contributed by atoms with Gasteiger partial charge in [-0.05, 0) is 24.6 Å². The summed E-state index contributed by atoms with van der Waals surface area (Å²) in [5.41, 5.74) is 1.05. The number of fused-ring (bicyclic) bond motifs is 2. The normalized spacial score (nSPS) is 28.6. The Morgan fingerprint density at radius 3 is 2.80 bits per heavy atom. The van der Waals surface area contributed by atoms with E-state index in [-0.39, 0.29) is 17.9 Å². The largest absolute Gasteiger partial charge is 0.272 e. The molecule has 1 aliphatic carbocycles. The van der Waals surface area contributed by atoms with E-state index in [1.54, 1.807) is 0 Å². The average molecular weight is 285 g/mol. The summed E-state index contributed by atoms with van der Waals surface area (Å²) in [5.74, 6) is 0.185. The molecular weight excluding hydrogens is 270 g/mol. The molecule has 1 fully saturated rings. The van der Waals surface area contributed by atoms with Crippen molar-refractivity contribution < 1.29 is 4.79 Å². The van der Waals surface area contributed by atoms with Crippen LogP contribution in [0.15, 0.2) is 40.4 Å². The number of hydrazone groups is 1. The van der Waals surface area contributed by atoms with Crippen molar-refractivity contribution in [2.45, 2.75) is 31.7 Å². The van der Waals surface area contributed by atoms with E-state index < -0.39 is 0 Å². The van der Waals surface area contributed by atoms with E-state index in [0.29, 0.717) is 0 Å². The third-order valence-electron chi connectivity index (χ3n) is 4.11. The average Bonchev–Trinajstić information content (AvgIpc) is 2.93. The molecule has 2 atom stereocenters. The Labute approximate surface area is 122 Å². The molecular formula is C15H15N3OS. The molecule has 0 bridgehead atoms. The highest BCUT2D eigenvalue weighted by Crippen LogP contribution is 2.37. The molecule has 2 unspecified atom stereocenters. The maximum atomic E-state index is 12.5. The number of thioether (sulfide) groups is 1. The van der Waals surface area contributed by atoms with Crippen LogP contribution in [-0.4, -0.2) is 27.2 Å². The molecule has 1 aromatic rings. The van der Waals surface area contributed by atoms with Gasteiger partial charge in [0.1, 0.15) is 5.04 Å². The second-order valence-corrected chi connectivity index (χ2v) is 6.35. The van der Waals surface area contributed by atoms with E-state index in [1.165, 1.54) is 23.2 Å². The van der Waals surface area contributed by atoms with Crippen LogP contribution in [0.2, 0.25) is 0 Å². The standard InChI is InChI=1S/C15H15N3OS/c19-14-11-8-4-5-9-12(11)16-15-18(14)17-13(20-15)10-6-2-1-3-7-10/h1-3,6-7,11-12H,4-5,8-9H2. The highest BCUT2D eigenvalue weighted by molar-refractivity contribution is 8.27. The maximum absolute atomic E-state index is 12.5. The molecule has 2 aliphatic heterocycles. The van der Waals surface area contributed by atoms with Crippen LogP contribution in [0.4, 0.5) is 0 Å². The Bertz CT molecular complexity index is 611. The second-order valence-electron chi connectivity index (χ2n) is 5.39. The van der Waals surface area contributed by atoms with Crippen molar-refractivity contribution >= 4 is 27.9 Å². The van der Waals surface area contributed by atoms with Gasteiger partial charge in [0.05, 0.1) is 12.0 Å². The van der Waals surface area contributed by atoms with Gasteiger partial charge in [-0.25, -0.2) is 0 Å². The van der Waals surface area contributed by atoms with Crippen molar-refractivity contribution in [2.24, 2.45) is 16.0 Å². The molecule has 1 saturated carbocycles. The summed E-state index contributed by atoms with van der Waals surface area (Å²) in [6, 6.07) is 10.2. The number of amidine groups is 1. The molecule has 4 rings (SSSR count). The number of nitrogens with zero attached hydrogens (tertiary/aromatic N) is 3. The van der Waals surface area contributed by atoms with E-state index in [1.807, 2.05) is 30.3 Å². The fraction of sp³-hybridized carbons (Fsp3) is 0.400. The number of aliphatic imine (C=N–C) groups is 1. The van der Waals surface area contributed by atoms with E-state index in [4.69, 9.17) is 4.99 Å². The third kappa shape index (κ3) is 1.88. The minimum Gasteiger partial charge on any atom is -0.272 e. The van der Waals surface area contributed by atoms with E-state index in [2.05, 4.69) is 5.10 Å². The molecule has 0 spiro atoms. The lowest BCUT2D eigenvalue weighted by Crippen LogP contribution is -2.45. The number of benzene rings is 1. The third-order valence-corrected chi connectivity index (χ3v) is 5.08. The molecule has 5 heteroatoms. The first-order valence-corrected chi connectivity index (χ1v) is 7.88. The van der Waals surface area contributed by atoms with Crippen LogP contribution < -0.4 is 0 Å². The minimum atomic E-state index is 0.0481. The first-order chi connectivity index (χ1) is 9.83. The first-order valence-electron chi connectivity index (χ1n) is 7.06. The van der Waals surface area contributed by atoms with Gasteiger partial charge < -0.3 is 0 Å². The number of amides is 1. The monoisotopic (exact) mass is 285 g/mol. The molecule has 2 heterocycles. The highest BCUT2D eigenvalue weighted by atomic mass is 32.2. The van der Waals surface area contributed by atoms with Gasteiger partial charge in [-0.15, -0.1) is 0 Å². The Hall–Kier alpha value is -1.62. The Balaban J connectivity index is 1.68. The second kappa shape index (κ2) is 4.74. The summed E-state index contributed by atoms with van der Waals surface area (Å²) in [5, 5.41) is 7.64. The van der Waals surface area contributed by atoms with Crippen LogP contribution in [0.3, 0.4) is 0 Å². The smallest absolute Gasteiger partial charge is 0.254 e. The Morgan fingerprint density at radius 1 is 1.15 bits per heavy atom. The van der Waals surface area contributed by atoms with Crippen molar-refractivity contribution in [3.63, 3.8) is 0 Å². The predicted octanol–water partition coefficient (Wildman–Crippen LogP) is 2.85. The number of hydrogen-bond acceptors (Lipinski definition) is 4. The molecule has 20 heavy (non-hydrogen) atoms. The Kier molecular flexibility index (Phi) is 2.88. The molecule has 0 aromatic heterocycles. The zero-order chi connectivity index (χ0) is 13.5. The maximum Gasteiger partial charge on any atom is 0.254 e.